The Morgan fingerprint density at radius 3 is 2.69 bits per heavy atom. The van der Waals surface area contributed by atoms with E-state index in [4.69, 9.17) is 10.1 Å². The summed E-state index contributed by atoms with van der Waals surface area (Å²) < 4.78 is 1.81. The maximum Gasteiger partial charge on any atom is 0.335 e. The number of hydrogen-bond acceptors (Lipinski definition) is 5. The molecule has 0 bridgehead atoms. The third-order valence-corrected chi connectivity index (χ3v) is 4.78. The van der Waals surface area contributed by atoms with E-state index >= 15 is 0 Å². The molecule has 3 heterocycles. The van der Waals surface area contributed by atoms with Gasteiger partial charge in [0, 0.05) is 29.9 Å². The molecular weight excluding hydrogens is 348 g/mol. The second-order valence-corrected chi connectivity index (χ2v) is 6.56. The van der Waals surface area contributed by atoms with Gasteiger partial charge in [-0.05, 0) is 42.0 Å². The highest BCUT2D eigenvalue weighted by molar-refractivity contribution is 7.98. The lowest BCUT2D eigenvalue weighted by atomic mass is 10.1. The summed E-state index contributed by atoms with van der Waals surface area (Å²) in [6.07, 6.45) is 5.41. The Morgan fingerprint density at radius 2 is 1.96 bits per heavy atom. The van der Waals surface area contributed by atoms with Gasteiger partial charge in [0.25, 0.3) is 0 Å². The van der Waals surface area contributed by atoms with Crippen LogP contribution in [0.4, 0.5) is 0 Å². The highest BCUT2D eigenvalue weighted by Crippen LogP contribution is 2.26. The Kier molecular flexibility index (Phi) is 4.37. The Balaban J connectivity index is 1.62. The summed E-state index contributed by atoms with van der Waals surface area (Å²) in [6.45, 7) is 0. The summed E-state index contributed by atoms with van der Waals surface area (Å²) in [5, 5.41) is 14.2. The molecule has 0 aliphatic carbocycles. The van der Waals surface area contributed by atoms with Crippen LogP contribution in [0, 0.1) is 0 Å². The summed E-state index contributed by atoms with van der Waals surface area (Å²) in [6, 6.07) is 14.6. The molecule has 0 fully saturated rings. The zero-order valence-electron chi connectivity index (χ0n) is 13.6. The topological polar surface area (TPSA) is 80.4 Å². The molecule has 0 saturated heterocycles. The molecule has 7 heteroatoms. The van der Waals surface area contributed by atoms with E-state index < -0.39 is 5.97 Å². The van der Waals surface area contributed by atoms with Crippen LogP contribution in [-0.2, 0) is 5.75 Å². The Bertz CT molecular complexity index is 1060. The van der Waals surface area contributed by atoms with Crippen molar-refractivity contribution in [2.75, 3.05) is 0 Å². The van der Waals surface area contributed by atoms with Crippen LogP contribution < -0.4 is 0 Å². The van der Waals surface area contributed by atoms with E-state index in [2.05, 4.69) is 10.1 Å². The number of pyridine rings is 1. The van der Waals surface area contributed by atoms with Crippen LogP contribution in [0.15, 0.2) is 72.3 Å². The van der Waals surface area contributed by atoms with Crippen molar-refractivity contribution in [3.63, 3.8) is 0 Å². The van der Waals surface area contributed by atoms with Crippen LogP contribution in [0.1, 0.15) is 15.9 Å². The Morgan fingerprint density at radius 1 is 1.12 bits per heavy atom. The Labute approximate surface area is 153 Å². The molecule has 0 aliphatic heterocycles. The molecular formula is C19H14N4O2S. The molecule has 0 unspecified atom stereocenters. The minimum absolute atomic E-state index is 0.280. The van der Waals surface area contributed by atoms with Crippen LogP contribution in [-0.4, -0.2) is 30.7 Å². The lowest BCUT2D eigenvalue weighted by Crippen LogP contribution is -2.00. The predicted molar refractivity (Wildman–Crippen MR) is 99.2 cm³/mol. The van der Waals surface area contributed by atoms with Crippen molar-refractivity contribution in [1.82, 2.24) is 19.6 Å². The molecule has 0 saturated carbocycles. The second kappa shape index (κ2) is 6.97. The molecule has 4 rings (SSSR count). The molecule has 0 aliphatic rings. The number of aromatic nitrogens is 4. The molecule has 4 aromatic rings. The number of rotatable bonds is 5. The number of carbonyl (C=O) groups is 1. The standard InChI is InChI=1S/C19H14N4O2S/c24-18(25)14-7-5-13(6-8-14)12-26-19-21-17(15-3-1-9-20-11-15)16-4-2-10-23(16)22-19/h1-11H,12H2,(H,24,25). The smallest absolute Gasteiger partial charge is 0.335 e. The molecule has 26 heavy (non-hydrogen) atoms. The van der Waals surface area contributed by atoms with Gasteiger partial charge in [-0.15, -0.1) is 5.10 Å². The highest BCUT2D eigenvalue weighted by atomic mass is 32.2. The fourth-order valence-electron chi connectivity index (χ4n) is 2.58. The van der Waals surface area contributed by atoms with E-state index in [-0.39, 0.29) is 5.56 Å². The number of carboxylic acids is 1. The van der Waals surface area contributed by atoms with Crippen molar-refractivity contribution >= 4 is 23.2 Å². The average molecular weight is 362 g/mol. The third-order valence-electron chi connectivity index (χ3n) is 3.88. The van der Waals surface area contributed by atoms with Gasteiger partial charge in [0.2, 0.25) is 5.16 Å². The molecule has 3 aromatic heterocycles. The number of carboxylic acid groups (broad SMARTS) is 1. The molecule has 1 N–H and O–H groups in total. The number of nitrogens with zero attached hydrogens (tertiary/aromatic N) is 4. The zero-order valence-corrected chi connectivity index (χ0v) is 14.4. The molecule has 0 atom stereocenters. The summed E-state index contributed by atoms with van der Waals surface area (Å²) in [7, 11) is 0. The minimum Gasteiger partial charge on any atom is -0.478 e. The maximum atomic E-state index is 10.9. The first-order valence-corrected chi connectivity index (χ1v) is 8.90. The first kappa shape index (κ1) is 16.3. The summed E-state index contributed by atoms with van der Waals surface area (Å²) in [5.74, 6) is -0.272. The monoisotopic (exact) mass is 362 g/mol. The van der Waals surface area contributed by atoms with Crippen molar-refractivity contribution in [3.8, 4) is 11.3 Å². The van der Waals surface area contributed by atoms with Crippen molar-refractivity contribution in [2.45, 2.75) is 10.9 Å². The number of thioether (sulfide) groups is 1. The van der Waals surface area contributed by atoms with Gasteiger partial charge in [0.15, 0.2) is 0 Å². The van der Waals surface area contributed by atoms with Gasteiger partial charge >= 0.3 is 5.97 Å². The van der Waals surface area contributed by atoms with E-state index in [1.165, 1.54) is 11.8 Å². The second-order valence-electron chi connectivity index (χ2n) is 5.61. The van der Waals surface area contributed by atoms with Crippen molar-refractivity contribution < 1.29 is 9.90 Å². The first-order valence-electron chi connectivity index (χ1n) is 7.91. The number of hydrogen-bond donors (Lipinski definition) is 1. The van der Waals surface area contributed by atoms with Crippen molar-refractivity contribution in [1.29, 1.82) is 0 Å². The molecule has 1 aromatic carbocycles. The number of fused-ring (bicyclic) bond motifs is 1. The van der Waals surface area contributed by atoms with Crippen LogP contribution in [0.2, 0.25) is 0 Å². The maximum absolute atomic E-state index is 10.9. The van der Waals surface area contributed by atoms with Crippen molar-refractivity contribution in [3.05, 3.63) is 78.2 Å². The quantitative estimate of drug-likeness (QED) is 0.544. The van der Waals surface area contributed by atoms with Crippen LogP contribution in [0.5, 0.6) is 0 Å². The van der Waals surface area contributed by atoms with Crippen LogP contribution in [0.3, 0.4) is 0 Å². The predicted octanol–water partition coefficient (Wildman–Crippen LogP) is 3.78. The summed E-state index contributed by atoms with van der Waals surface area (Å²) in [5.41, 5.74) is 3.99. The van der Waals surface area contributed by atoms with Crippen molar-refractivity contribution in [2.24, 2.45) is 0 Å². The van der Waals surface area contributed by atoms with Crippen LogP contribution >= 0.6 is 11.8 Å². The normalized spacial score (nSPS) is 10.9. The molecule has 0 amide bonds. The fraction of sp³-hybridized carbons (Fsp3) is 0.0526. The molecule has 128 valence electrons. The van der Waals surface area contributed by atoms with Gasteiger partial charge in [-0.2, -0.15) is 0 Å². The number of benzene rings is 1. The largest absolute Gasteiger partial charge is 0.478 e. The van der Waals surface area contributed by atoms with Gasteiger partial charge in [0.1, 0.15) is 5.69 Å². The fourth-order valence-corrected chi connectivity index (χ4v) is 3.37. The molecule has 6 nitrogen and oxygen atoms in total. The van der Waals surface area contributed by atoms with Gasteiger partial charge < -0.3 is 5.11 Å². The highest BCUT2D eigenvalue weighted by Gasteiger charge is 2.11. The summed E-state index contributed by atoms with van der Waals surface area (Å²) >= 11 is 1.50. The van der Waals surface area contributed by atoms with E-state index in [0.29, 0.717) is 10.9 Å². The first-order chi connectivity index (χ1) is 12.7. The minimum atomic E-state index is -0.924. The zero-order chi connectivity index (χ0) is 17.9. The Hall–Kier alpha value is -3.19. The average Bonchev–Trinajstić information content (AvgIpc) is 3.15. The van der Waals surface area contributed by atoms with Gasteiger partial charge in [-0.3, -0.25) is 4.98 Å². The SMILES string of the molecule is O=C(O)c1ccc(CSc2nc(-c3cccnc3)c3cccn3n2)cc1. The van der Waals surface area contributed by atoms with Crippen LogP contribution in [0.25, 0.3) is 16.8 Å². The van der Waals surface area contributed by atoms with E-state index in [1.807, 2.05) is 47.1 Å². The van der Waals surface area contributed by atoms with Gasteiger partial charge in [-0.25, -0.2) is 14.3 Å². The molecule has 0 spiro atoms. The van der Waals surface area contributed by atoms with E-state index in [9.17, 15) is 4.79 Å². The van der Waals surface area contributed by atoms with E-state index in [0.717, 1.165) is 22.3 Å². The lowest BCUT2D eigenvalue weighted by molar-refractivity contribution is 0.0697. The number of aromatic carboxylic acids is 1. The lowest BCUT2D eigenvalue weighted by Gasteiger charge is -2.07. The molecule has 0 radical (unpaired) electrons. The van der Waals surface area contributed by atoms with E-state index in [1.54, 1.807) is 24.5 Å². The third kappa shape index (κ3) is 3.29. The summed E-state index contributed by atoms with van der Waals surface area (Å²) in [4.78, 5) is 19.8. The van der Waals surface area contributed by atoms with Gasteiger partial charge in [0.05, 0.1) is 11.1 Å². The van der Waals surface area contributed by atoms with Gasteiger partial charge in [-0.1, -0.05) is 23.9 Å².